The average molecular weight is 1030 g/mol. The molecular weight excluding hydrogens is 911 g/mol. The Morgan fingerprint density at radius 2 is 0.822 bits per heavy atom. The fourth-order valence-corrected chi connectivity index (χ4v) is 9.37. The SMILES string of the molecule is CCCCCCC/C=C\C/C=C\C/C=C\CCCCCCCCCCCCCCCCC(=O)NC(COC1OC(CO)C(O)C(O)C1O)C(O)/C=C/CC/C=C/CC/C=C/CCCCCCCCCCCCC. The van der Waals surface area contributed by atoms with Crippen LogP contribution >= 0.6 is 0 Å². The first-order chi connectivity index (χ1) is 35.8. The van der Waals surface area contributed by atoms with E-state index < -0.39 is 49.5 Å². The number of allylic oxidation sites excluding steroid dienone is 11. The van der Waals surface area contributed by atoms with Gasteiger partial charge >= 0.3 is 0 Å². The van der Waals surface area contributed by atoms with Gasteiger partial charge in [0.1, 0.15) is 24.4 Å². The third kappa shape index (κ3) is 42.4. The Labute approximate surface area is 448 Å². The molecule has 0 aromatic heterocycles. The summed E-state index contributed by atoms with van der Waals surface area (Å²) < 4.78 is 11.3. The molecule has 7 unspecified atom stereocenters. The van der Waals surface area contributed by atoms with Crippen molar-refractivity contribution in [3.63, 3.8) is 0 Å². The van der Waals surface area contributed by atoms with Gasteiger partial charge in [-0.2, -0.15) is 0 Å². The first kappa shape index (κ1) is 68.6. The first-order valence-corrected chi connectivity index (χ1v) is 30.7. The van der Waals surface area contributed by atoms with Crippen LogP contribution in [-0.4, -0.2) is 87.5 Å². The Morgan fingerprint density at radius 1 is 0.466 bits per heavy atom. The molecule has 1 rings (SSSR count). The van der Waals surface area contributed by atoms with E-state index in [0.29, 0.717) is 6.42 Å². The quantitative estimate of drug-likeness (QED) is 0.0261. The Balaban J connectivity index is 2.22. The summed E-state index contributed by atoms with van der Waals surface area (Å²) in [6.07, 6.45) is 66.9. The Hall–Kier alpha value is -2.37. The standard InChI is InChI=1S/C64H115NO8/c1-3-5-7-9-11-13-15-17-19-21-23-25-26-27-28-29-30-31-32-34-36-38-40-42-44-46-48-50-52-54-60(68)65-57(56-72-64-63(71)62(70)61(69)59(55-66)73-64)58(67)53-51-49-47-45-43-41-39-37-35-33-24-22-20-18-16-14-12-10-8-6-4-2/h15,17,21,23,26-27,35,37,43,45,51,53,57-59,61-64,66-67,69-71H,3-14,16,18-20,22,24-25,28-34,36,38-42,44,46-50,52,54-56H2,1-2H3,(H,65,68)/b17-15-,23-21-,27-26-,37-35+,45-43+,53-51+. The fourth-order valence-electron chi connectivity index (χ4n) is 9.37. The van der Waals surface area contributed by atoms with Crippen LogP contribution in [0.3, 0.4) is 0 Å². The Morgan fingerprint density at radius 3 is 1.25 bits per heavy atom. The van der Waals surface area contributed by atoms with Gasteiger partial charge in [0.2, 0.25) is 5.91 Å². The molecule has 0 saturated carbocycles. The number of hydrogen-bond acceptors (Lipinski definition) is 8. The second-order valence-electron chi connectivity index (χ2n) is 21.1. The largest absolute Gasteiger partial charge is 0.394 e. The van der Waals surface area contributed by atoms with Crippen LogP contribution < -0.4 is 5.32 Å². The van der Waals surface area contributed by atoms with Gasteiger partial charge < -0.3 is 40.3 Å². The molecule has 0 bridgehead atoms. The van der Waals surface area contributed by atoms with Crippen LogP contribution in [-0.2, 0) is 14.3 Å². The molecule has 73 heavy (non-hydrogen) atoms. The van der Waals surface area contributed by atoms with Crippen molar-refractivity contribution < 1.29 is 39.8 Å². The van der Waals surface area contributed by atoms with Crippen molar-refractivity contribution in [2.45, 2.75) is 314 Å². The van der Waals surface area contributed by atoms with E-state index in [1.807, 2.05) is 6.08 Å². The van der Waals surface area contributed by atoms with E-state index in [9.17, 15) is 30.3 Å². The minimum Gasteiger partial charge on any atom is -0.394 e. The lowest BCUT2D eigenvalue weighted by Crippen LogP contribution is -2.60. The van der Waals surface area contributed by atoms with E-state index in [1.165, 1.54) is 193 Å². The predicted octanol–water partition coefficient (Wildman–Crippen LogP) is 15.6. The van der Waals surface area contributed by atoms with Crippen LogP contribution in [0.5, 0.6) is 0 Å². The second kappa shape index (κ2) is 53.0. The third-order valence-electron chi connectivity index (χ3n) is 14.2. The molecule has 0 aliphatic carbocycles. The number of nitrogens with one attached hydrogen (secondary N) is 1. The van der Waals surface area contributed by atoms with E-state index in [4.69, 9.17) is 9.47 Å². The zero-order valence-corrected chi connectivity index (χ0v) is 47.1. The highest BCUT2D eigenvalue weighted by Gasteiger charge is 2.44. The van der Waals surface area contributed by atoms with Crippen molar-refractivity contribution in [1.29, 1.82) is 0 Å². The zero-order valence-electron chi connectivity index (χ0n) is 47.1. The highest BCUT2D eigenvalue weighted by atomic mass is 16.7. The van der Waals surface area contributed by atoms with Crippen LogP contribution in [0.1, 0.15) is 271 Å². The number of amides is 1. The van der Waals surface area contributed by atoms with Gasteiger partial charge in [-0.25, -0.2) is 0 Å². The maximum absolute atomic E-state index is 13.1. The number of carbonyl (C=O) groups excluding carboxylic acids is 1. The van der Waals surface area contributed by atoms with E-state index >= 15 is 0 Å². The molecule has 1 amide bonds. The minimum absolute atomic E-state index is 0.191. The first-order valence-electron chi connectivity index (χ1n) is 30.7. The summed E-state index contributed by atoms with van der Waals surface area (Å²) in [7, 11) is 0. The number of aliphatic hydroxyl groups is 5. The predicted molar refractivity (Wildman–Crippen MR) is 309 cm³/mol. The average Bonchev–Trinajstić information content (AvgIpc) is 3.39. The second-order valence-corrected chi connectivity index (χ2v) is 21.1. The van der Waals surface area contributed by atoms with Gasteiger partial charge in [-0.05, 0) is 83.5 Å². The van der Waals surface area contributed by atoms with E-state index in [0.717, 1.165) is 57.8 Å². The molecule has 1 fully saturated rings. The maximum Gasteiger partial charge on any atom is 0.220 e. The highest BCUT2D eigenvalue weighted by Crippen LogP contribution is 2.23. The lowest BCUT2D eigenvalue weighted by atomic mass is 9.99. The smallest absolute Gasteiger partial charge is 0.220 e. The lowest BCUT2D eigenvalue weighted by Gasteiger charge is -2.40. The van der Waals surface area contributed by atoms with Crippen LogP contribution in [0.4, 0.5) is 0 Å². The van der Waals surface area contributed by atoms with Gasteiger partial charge in [-0.15, -0.1) is 0 Å². The van der Waals surface area contributed by atoms with Gasteiger partial charge in [0.15, 0.2) is 6.29 Å². The summed E-state index contributed by atoms with van der Waals surface area (Å²) in [6.45, 7) is 3.76. The molecule has 1 aliphatic heterocycles. The molecule has 424 valence electrons. The van der Waals surface area contributed by atoms with E-state index in [2.05, 4.69) is 79.9 Å². The van der Waals surface area contributed by atoms with Crippen molar-refractivity contribution >= 4 is 5.91 Å². The van der Waals surface area contributed by atoms with Crippen LogP contribution in [0.2, 0.25) is 0 Å². The van der Waals surface area contributed by atoms with Crippen LogP contribution in [0.15, 0.2) is 72.9 Å². The molecule has 6 N–H and O–H groups in total. The molecule has 9 nitrogen and oxygen atoms in total. The van der Waals surface area contributed by atoms with Gasteiger partial charge in [0, 0.05) is 6.42 Å². The molecule has 0 aromatic rings. The summed E-state index contributed by atoms with van der Waals surface area (Å²) in [5.41, 5.74) is 0. The van der Waals surface area contributed by atoms with E-state index in [1.54, 1.807) is 6.08 Å². The molecule has 0 spiro atoms. The summed E-state index contributed by atoms with van der Waals surface area (Å²) in [6, 6.07) is -0.832. The number of carbonyl (C=O) groups is 1. The minimum atomic E-state index is -1.58. The fraction of sp³-hybridized carbons (Fsp3) is 0.797. The molecule has 1 aliphatic rings. The van der Waals surface area contributed by atoms with Crippen molar-refractivity contribution in [2.75, 3.05) is 13.2 Å². The highest BCUT2D eigenvalue weighted by molar-refractivity contribution is 5.76. The maximum atomic E-state index is 13.1. The van der Waals surface area contributed by atoms with Gasteiger partial charge in [0.05, 0.1) is 25.4 Å². The number of unbranched alkanes of at least 4 members (excludes halogenated alkanes) is 32. The molecule has 1 heterocycles. The monoisotopic (exact) mass is 1030 g/mol. The number of hydrogen-bond donors (Lipinski definition) is 6. The van der Waals surface area contributed by atoms with Crippen LogP contribution in [0.25, 0.3) is 0 Å². The Kier molecular flexibility index (Phi) is 49.9. The summed E-state index contributed by atoms with van der Waals surface area (Å²) in [4.78, 5) is 13.1. The van der Waals surface area contributed by atoms with Crippen molar-refractivity contribution in [2.24, 2.45) is 0 Å². The van der Waals surface area contributed by atoms with Gasteiger partial charge in [0.25, 0.3) is 0 Å². The molecular formula is C64H115NO8. The lowest BCUT2D eigenvalue weighted by molar-refractivity contribution is -0.302. The van der Waals surface area contributed by atoms with Gasteiger partial charge in [-0.1, -0.05) is 254 Å². The number of rotatable bonds is 52. The molecule has 0 radical (unpaired) electrons. The summed E-state index contributed by atoms with van der Waals surface area (Å²) >= 11 is 0. The topological polar surface area (TPSA) is 149 Å². The van der Waals surface area contributed by atoms with Crippen molar-refractivity contribution in [3.05, 3.63) is 72.9 Å². The van der Waals surface area contributed by atoms with Gasteiger partial charge in [-0.3, -0.25) is 4.79 Å². The molecule has 1 saturated heterocycles. The molecule has 0 aromatic carbocycles. The van der Waals surface area contributed by atoms with E-state index in [-0.39, 0.29) is 12.5 Å². The van der Waals surface area contributed by atoms with Crippen molar-refractivity contribution in [3.8, 4) is 0 Å². The Bertz CT molecular complexity index is 1380. The normalized spacial score (nSPS) is 19.6. The molecule has 9 heteroatoms. The van der Waals surface area contributed by atoms with Crippen molar-refractivity contribution in [1.82, 2.24) is 5.32 Å². The molecule has 7 atom stereocenters. The number of ether oxygens (including phenoxy) is 2. The zero-order chi connectivity index (χ0) is 52.9. The van der Waals surface area contributed by atoms with Crippen LogP contribution in [0, 0.1) is 0 Å². The third-order valence-corrected chi connectivity index (χ3v) is 14.2. The summed E-state index contributed by atoms with van der Waals surface area (Å²) in [5, 5.41) is 54.5. The number of aliphatic hydroxyl groups excluding tert-OH is 5. The summed E-state index contributed by atoms with van der Waals surface area (Å²) in [5.74, 6) is -0.191.